The van der Waals surface area contributed by atoms with Crippen LogP contribution in [0.2, 0.25) is 0 Å². The van der Waals surface area contributed by atoms with Crippen LogP contribution in [-0.2, 0) is 6.42 Å². The van der Waals surface area contributed by atoms with Gasteiger partial charge < -0.3 is 19.1 Å². The van der Waals surface area contributed by atoms with Crippen LogP contribution in [-0.4, -0.2) is 23.1 Å². The molecule has 0 saturated carbocycles. The van der Waals surface area contributed by atoms with E-state index in [0.717, 1.165) is 17.4 Å². The van der Waals surface area contributed by atoms with Gasteiger partial charge in [0.25, 0.3) is 0 Å². The van der Waals surface area contributed by atoms with Crippen molar-refractivity contribution in [2.75, 3.05) is 0 Å². The van der Waals surface area contributed by atoms with E-state index in [9.17, 15) is 10.0 Å². The average molecular weight is 359 g/mol. The standard InChI is InChI=1S/C20H25NO5/c1-6-7-13-8-16(22)26-20-17(13)14(24-10(2)3)9-15-18(20)19(21-23)11(4)12(5)25-15/h8-12,23H,6-7H2,1-5H3. The summed E-state index contributed by atoms with van der Waals surface area (Å²) in [6.07, 6.45) is 1.36. The van der Waals surface area contributed by atoms with Crippen LogP contribution in [0.5, 0.6) is 11.5 Å². The van der Waals surface area contributed by atoms with Crippen molar-refractivity contribution in [1.82, 2.24) is 0 Å². The highest BCUT2D eigenvalue weighted by atomic mass is 16.5. The SMILES string of the molecule is CCCc1cc(=O)oc2c3c(cc(OC(C)C)c12)OC(C)C(C)C3=NO. The number of hydrogen-bond acceptors (Lipinski definition) is 6. The molecule has 6 heteroatoms. The molecule has 0 radical (unpaired) electrons. The lowest BCUT2D eigenvalue weighted by Crippen LogP contribution is -2.34. The van der Waals surface area contributed by atoms with Gasteiger partial charge in [-0.2, -0.15) is 0 Å². The Balaban J connectivity index is 2.43. The monoisotopic (exact) mass is 359 g/mol. The second-order valence-corrected chi connectivity index (χ2v) is 7.06. The van der Waals surface area contributed by atoms with E-state index in [1.54, 1.807) is 0 Å². The van der Waals surface area contributed by atoms with E-state index in [0.29, 0.717) is 34.8 Å². The molecule has 140 valence electrons. The highest BCUT2D eigenvalue weighted by Gasteiger charge is 2.34. The molecule has 2 atom stereocenters. The van der Waals surface area contributed by atoms with Crippen LogP contribution in [0.1, 0.15) is 52.2 Å². The number of oxime groups is 1. The smallest absolute Gasteiger partial charge is 0.336 e. The fraction of sp³-hybridized carbons (Fsp3) is 0.500. The zero-order valence-electron chi connectivity index (χ0n) is 15.8. The zero-order chi connectivity index (χ0) is 19.0. The number of aryl methyl sites for hydroxylation is 1. The molecule has 1 N–H and O–H groups in total. The van der Waals surface area contributed by atoms with E-state index in [-0.39, 0.29) is 18.1 Å². The molecule has 0 fully saturated rings. The molecular weight excluding hydrogens is 334 g/mol. The van der Waals surface area contributed by atoms with Crippen molar-refractivity contribution in [2.45, 2.75) is 59.7 Å². The van der Waals surface area contributed by atoms with Gasteiger partial charge in [0.2, 0.25) is 0 Å². The molecule has 2 aromatic rings. The third kappa shape index (κ3) is 3.04. The predicted molar refractivity (Wildman–Crippen MR) is 99.8 cm³/mol. The van der Waals surface area contributed by atoms with E-state index in [1.807, 2.05) is 33.8 Å². The van der Waals surface area contributed by atoms with Crippen LogP contribution in [0.4, 0.5) is 0 Å². The van der Waals surface area contributed by atoms with Gasteiger partial charge in [0.05, 0.1) is 17.1 Å². The maximum Gasteiger partial charge on any atom is 0.336 e. The third-order valence-corrected chi connectivity index (χ3v) is 4.72. The molecule has 0 bridgehead atoms. The lowest BCUT2D eigenvalue weighted by atomic mass is 9.88. The van der Waals surface area contributed by atoms with Crippen molar-refractivity contribution in [1.29, 1.82) is 0 Å². The first-order chi connectivity index (χ1) is 12.4. The molecule has 2 unspecified atom stereocenters. The van der Waals surface area contributed by atoms with Crippen LogP contribution < -0.4 is 15.1 Å². The number of fused-ring (bicyclic) bond motifs is 3. The number of hydrogen-bond donors (Lipinski definition) is 1. The van der Waals surface area contributed by atoms with Crippen molar-refractivity contribution in [3.63, 3.8) is 0 Å². The Morgan fingerprint density at radius 1 is 1.31 bits per heavy atom. The fourth-order valence-electron chi connectivity index (χ4n) is 3.41. The Bertz CT molecular complexity index is 913. The molecule has 1 aliphatic heterocycles. The van der Waals surface area contributed by atoms with Crippen LogP contribution >= 0.6 is 0 Å². The van der Waals surface area contributed by atoms with Crippen molar-refractivity contribution in [3.8, 4) is 11.5 Å². The number of ether oxygens (including phenoxy) is 2. The minimum Gasteiger partial charge on any atom is -0.490 e. The number of benzene rings is 1. The Kier molecular flexibility index (Phi) is 4.94. The van der Waals surface area contributed by atoms with E-state index in [2.05, 4.69) is 12.1 Å². The first-order valence-electron chi connectivity index (χ1n) is 9.06. The molecule has 6 nitrogen and oxygen atoms in total. The van der Waals surface area contributed by atoms with Gasteiger partial charge in [0.15, 0.2) is 5.58 Å². The second-order valence-electron chi connectivity index (χ2n) is 7.06. The highest BCUT2D eigenvalue weighted by molar-refractivity contribution is 6.14. The molecule has 0 aliphatic carbocycles. The Morgan fingerprint density at radius 3 is 2.65 bits per heavy atom. The van der Waals surface area contributed by atoms with Gasteiger partial charge in [-0.1, -0.05) is 25.4 Å². The van der Waals surface area contributed by atoms with Crippen LogP contribution in [0, 0.1) is 5.92 Å². The Hall–Kier alpha value is -2.50. The van der Waals surface area contributed by atoms with Gasteiger partial charge >= 0.3 is 5.63 Å². The van der Waals surface area contributed by atoms with Crippen LogP contribution in [0.3, 0.4) is 0 Å². The normalized spacial score (nSPS) is 21.1. The lowest BCUT2D eigenvalue weighted by Gasteiger charge is -2.31. The zero-order valence-corrected chi connectivity index (χ0v) is 15.8. The van der Waals surface area contributed by atoms with E-state index < -0.39 is 5.63 Å². The van der Waals surface area contributed by atoms with Crippen LogP contribution in [0.15, 0.2) is 26.5 Å². The lowest BCUT2D eigenvalue weighted by molar-refractivity contribution is 0.176. The van der Waals surface area contributed by atoms with Crippen molar-refractivity contribution >= 4 is 16.7 Å². The summed E-state index contributed by atoms with van der Waals surface area (Å²) in [5.74, 6) is 0.969. The summed E-state index contributed by atoms with van der Waals surface area (Å²) in [5, 5.41) is 13.9. The maximum absolute atomic E-state index is 12.2. The summed E-state index contributed by atoms with van der Waals surface area (Å²) in [4.78, 5) is 12.2. The van der Waals surface area contributed by atoms with Gasteiger partial charge in [-0.25, -0.2) is 4.79 Å². The molecule has 0 amide bonds. The quantitative estimate of drug-likeness (QED) is 0.504. The molecule has 2 heterocycles. The summed E-state index contributed by atoms with van der Waals surface area (Å²) in [6, 6.07) is 3.32. The van der Waals surface area contributed by atoms with E-state index in [1.165, 1.54) is 6.07 Å². The van der Waals surface area contributed by atoms with Crippen molar-refractivity contribution < 1.29 is 19.1 Å². The van der Waals surface area contributed by atoms with Crippen LogP contribution in [0.25, 0.3) is 11.0 Å². The largest absolute Gasteiger partial charge is 0.490 e. The molecule has 1 aliphatic rings. The summed E-state index contributed by atoms with van der Waals surface area (Å²) < 4.78 is 17.6. The first-order valence-corrected chi connectivity index (χ1v) is 9.06. The third-order valence-electron chi connectivity index (χ3n) is 4.72. The van der Waals surface area contributed by atoms with E-state index >= 15 is 0 Å². The molecule has 1 aromatic carbocycles. The molecule has 26 heavy (non-hydrogen) atoms. The van der Waals surface area contributed by atoms with Gasteiger partial charge in [-0.3, -0.25) is 0 Å². The second kappa shape index (κ2) is 7.02. The first kappa shape index (κ1) is 18.3. The van der Waals surface area contributed by atoms with E-state index in [4.69, 9.17) is 13.9 Å². The molecule has 1 aromatic heterocycles. The number of rotatable bonds is 4. The minimum atomic E-state index is -0.437. The summed E-state index contributed by atoms with van der Waals surface area (Å²) >= 11 is 0. The predicted octanol–water partition coefficient (Wildman–Crippen LogP) is 4.13. The maximum atomic E-state index is 12.2. The fourth-order valence-corrected chi connectivity index (χ4v) is 3.41. The molecule has 3 rings (SSSR count). The summed E-state index contributed by atoms with van der Waals surface area (Å²) in [7, 11) is 0. The topological polar surface area (TPSA) is 81.3 Å². The summed E-state index contributed by atoms with van der Waals surface area (Å²) in [6.45, 7) is 9.76. The van der Waals surface area contributed by atoms with Crippen molar-refractivity contribution in [2.24, 2.45) is 11.1 Å². The molecular formula is C20H25NO5. The average Bonchev–Trinajstić information content (AvgIpc) is 2.56. The van der Waals surface area contributed by atoms with Gasteiger partial charge in [-0.15, -0.1) is 0 Å². The van der Waals surface area contributed by atoms with Crippen molar-refractivity contribution in [3.05, 3.63) is 33.7 Å². The van der Waals surface area contributed by atoms with Gasteiger partial charge in [0.1, 0.15) is 23.3 Å². The number of nitrogens with zero attached hydrogens (tertiary/aromatic N) is 1. The highest BCUT2D eigenvalue weighted by Crippen LogP contribution is 2.42. The van der Waals surface area contributed by atoms with Gasteiger partial charge in [0, 0.05) is 18.1 Å². The Morgan fingerprint density at radius 2 is 2.04 bits per heavy atom. The Labute approximate surface area is 152 Å². The van der Waals surface area contributed by atoms with Gasteiger partial charge in [-0.05, 0) is 32.8 Å². The molecule has 0 spiro atoms. The summed E-state index contributed by atoms with van der Waals surface area (Å²) in [5.41, 5.74) is 1.77. The molecule has 0 saturated heterocycles. The minimum absolute atomic E-state index is 0.0522.